The lowest BCUT2D eigenvalue weighted by Crippen LogP contribution is -2.35. The summed E-state index contributed by atoms with van der Waals surface area (Å²) in [6.45, 7) is 7.48. The number of nitrogens with zero attached hydrogens (tertiary/aromatic N) is 4. The maximum Gasteiger partial charge on any atom is 0.278 e. The van der Waals surface area contributed by atoms with Gasteiger partial charge < -0.3 is 24.1 Å². The standard InChI is InChI=1S/C40H37Cl2FN6O4/c1-22-29-18-26(19-31(42)37(29)47-46-22)44-39(50)24-6-9-34-33(16-24)45-36(49(34)20-27-12-15-51-27)21-48-13-10-23(11-14-48)28-4-3-5-35-38(28)53-40(2,52-35)30-8-7-25(41)17-32(30)43/h3-9,16-19,23,27H,10-15,20-21H2,1-2H3,(H,44,50)(H,46,47)/t27-,40?/m0/s1. The fourth-order valence-electron chi connectivity index (χ4n) is 7.80. The van der Waals surface area contributed by atoms with E-state index in [2.05, 4.69) is 31.0 Å². The molecule has 10 nitrogen and oxygen atoms in total. The maximum absolute atomic E-state index is 14.9. The van der Waals surface area contributed by atoms with Gasteiger partial charge in [-0.2, -0.15) is 5.10 Å². The summed E-state index contributed by atoms with van der Waals surface area (Å²) >= 11 is 12.5. The van der Waals surface area contributed by atoms with Crippen LogP contribution in [0.5, 0.6) is 11.5 Å². The van der Waals surface area contributed by atoms with E-state index in [0.717, 1.165) is 78.0 Å². The Morgan fingerprint density at radius 1 is 1.06 bits per heavy atom. The van der Waals surface area contributed by atoms with Crippen molar-refractivity contribution in [3.05, 3.63) is 111 Å². The van der Waals surface area contributed by atoms with Crippen molar-refractivity contribution in [1.82, 2.24) is 24.6 Å². The van der Waals surface area contributed by atoms with E-state index in [1.165, 1.54) is 6.07 Å². The first-order valence-corrected chi connectivity index (χ1v) is 18.6. The van der Waals surface area contributed by atoms with Crippen LogP contribution in [-0.2, 0) is 23.6 Å². The number of fused-ring (bicyclic) bond motifs is 3. The Kier molecular flexibility index (Phi) is 8.57. The number of nitrogens with one attached hydrogen (secondary N) is 2. The van der Waals surface area contributed by atoms with Crippen molar-refractivity contribution >= 4 is 56.7 Å². The molecule has 3 aliphatic heterocycles. The Labute approximate surface area is 315 Å². The van der Waals surface area contributed by atoms with Crippen molar-refractivity contribution < 1.29 is 23.4 Å². The number of piperidine rings is 1. The molecule has 0 bridgehead atoms. The molecule has 4 aromatic carbocycles. The van der Waals surface area contributed by atoms with Crippen LogP contribution in [0.1, 0.15) is 65.1 Å². The molecule has 13 heteroatoms. The fourth-order valence-corrected chi connectivity index (χ4v) is 8.22. The molecule has 0 spiro atoms. The van der Waals surface area contributed by atoms with Gasteiger partial charge in [-0.05, 0) is 99.8 Å². The second-order valence-electron chi connectivity index (χ2n) is 14.3. The van der Waals surface area contributed by atoms with Crippen molar-refractivity contribution in [3.8, 4) is 11.5 Å². The summed E-state index contributed by atoms with van der Waals surface area (Å²) in [5, 5.41) is 11.8. The molecule has 9 rings (SSSR count). The molecule has 0 aliphatic carbocycles. The number of carbonyl (C=O) groups excluding carboxylic acids is 1. The monoisotopic (exact) mass is 754 g/mol. The highest BCUT2D eigenvalue weighted by atomic mass is 35.5. The van der Waals surface area contributed by atoms with Gasteiger partial charge in [-0.15, -0.1) is 0 Å². The Morgan fingerprint density at radius 3 is 2.66 bits per heavy atom. The van der Waals surface area contributed by atoms with Crippen LogP contribution in [0.3, 0.4) is 0 Å². The van der Waals surface area contributed by atoms with Gasteiger partial charge in [-0.1, -0.05) is 35.3 Å². The van der Waals surface area contributed by atoms with Crippen molar-refractivity contribution in [2.24, 2.45) is 0 Å². The molecule has 272 valence electrons. The molecule has 1 unspecified atom stereocenters. The number of likely N-dealkylation sites (tertiary alicyclic amines) is 1. The zero-order valence-electron chi connectivity index (χ0n) is 29.2. The van der Waals surface area contributed by atoms with Crippen LogP contribution in [0.4, 0.5) is 10.1 Å². The summed E-state index contributed by atoms with van der Waals surface area (Å²) in [5.74, 6) is 0.463. The third kappa shape index (κ3) is 6.29. The smallest absolute Gasteiger partial charge is 0.278 e. The number of halogens is 3. The van der Waals surface area contributed by atoms with E-state index in [4.69, 9.17) is 42.4 Å². The number of benzene rings is 4. The van der Waals surface area contributed by atoms with Gasteiger partial charge >= 0.3 is 0 Å². The SMILES string of the molecule is Cc1n[nH]c2c(Cl)cc(NC(=O)c3ccc4c(c3)nc(CN3CCC(c5cccc6c5OC(C)(c5ccc(Cl)cc5F)O6)CC3)n4C[C@@H]3CCO3)cc12. The molecule has 6 aromatic rings. The van der Waals surface area contributed by atoms with Crippen LogP contribution >= 0.6 is 23.2 Å². The van der Waals surface area contributed by atoms with Gasteiger partial charge in [0.15, 0.2) is 11.5 Å². The first-order valence-electron chi connectivity index (χ1n) is 17.9. The van der Waals surface area contributed by atoms with E-state index in [0.29, 0.717) is 51.4 Å². The lowest BCUT2D eigenvalue weighted by Gasteiger charge is -2.33. The summed E-state index contributed by atoms with van der Waals surface area (Å²) in [6, 6.07) is 19.7. The number of hydrogen-bond acceptors (Lipinski definition) is 7. The topological polar surface area (TPSA) is 107 Å². The normalized spacial score (nSPS) is 20.3. The molecule has 2 saturated heterocycles. The Hall–Kier alpha value is -4.68. The van der Waals surface area contributed by atoms with Gasteiger partial charge in [0.1, 0.15) is 11.6 Å². The highest BCUT2D eigenvalue weighted by Crippen LogP contribution is 2.50. The number of para-hydroxylation sites is 1. The minimum atomic E-state index is -1.29. The molecule has 5 heterocycles. The van der Waals surface area contributed by atoms with Gasteiger partial charge in [0, 0.05) is 40.8 Å². The van der Waals surface area contributed by atoms with Crippen LogP contribution in [0.2, 0.25) is 10.0 Å². The predicted molar refractivity (Wildman–Crippen MR) is 202 cm³/mol. The second kappa shape index (κ2) is 13.3. The number of ether oxygens (including phenoxy) is 3. The number of anilines is 1. The van der Waals surface area contributed by atoms with Crippen molar-refractivity contribution in [2.75, 3.05) is 25.0 Å². The van der Waals surface area contributed by atoms with Gasteiger partial charge in [-0.25, -0.2) is 9.37 Å². The lowest BCUT2D eigenvalue weighted by atomic mass is 9.88. The van der Waals surface area contributed by atoms with Crippen LogP contribution < -0.4 is 14.8 Å². The maximum atomic E-state index is 14.9. The zero-order chi connectivity index (χ0) is 36.4. The highest BCUT2D eigenvalue weighted by molar-refractivity contribution is 6.35. The van der Waals surface area contributed by atoms with Gasteiger partial charge in [0.05, 0.1) is 52.0 Å². The molecule has 2 N–H and O–H groups in total. The van der Waals surface area contributed by atoms with E-state index in [1.807, 2.05) is 43.3 Å². The minimum absolute atomic E-state index is 0.139. The second-order valence-corrected chi connectivity index (χ2v) is 15.1. The number of H-pyrrole nitrogens is 1. The number of aryl methyl sites for hydroxylation is 1. The third-order valence-electron chi connectivity index (χ3n) is 10.8. The molecule has 3 aliphatic rings. The number of rotatable bonds is 8. The molecule has 0 saturated carbocycles. The van der Waals surface area contributed by atoms with E-state index in [-0.39, 0.29) is 17.9 Å². The van der Waals surface area contributed by atoms with E-state index in [9.17, 15) is 9.18 Å². The van der Waals surface area contributed by atoms with E-state index < -0.39 is 11.6 Å². The minimum Gasteiger partial charge on any atom is -0.444 e. The van der Waals surface area contributed by atoms with E-state index in [1.54, 1.807) is 25.1 Å². The molecule has 53 heavy (non-hydrogen) atoms. The summed E-state index contributed by atoms with van der Waals surface area (Å²) < 4.78 is 35.7. The number of imidazole rings is 1. The largest absolute Gasteiger partial charge is 0.444 e. The quantitative estimate of drug-likeness (QED) is 0.160. The first-order chi connectivity index (χ1) is 25.6. The van der Waals surface area contributed by atoms with Gasteiger partial charge in [0.2, 0.25) is 0 Å². The van der Waals surface area contributed by atoms with Crippen molar-refractivity contribution in [2.45, 2.75) is 64.0 Å². The van der Waals surface area contributed by atoms with Crippen LogP contribution in [0, 0.1) is 12.7 Å². The molecule has 2 fully saturated rings. The molecule has 1 amide bonds. The third-order valence-corrected chi connectivity index (χ3v) is 11.3. The Bertz CT molecular complexity index is 2400. The summed E-state index contributed by atoms with van der Waals surface area (Å²) in [7, 11) is 0. The number of aromatic nitrogens is 4. The molecule has 2 aromatic heterocycles. The Balaban J connectivity index is 0.915. The molecule has 0 radical (unpaired) electrons. The van der Waals surface area contributed by atoms with Crippen molar-refractivity contribution in [3.63, 3.8) is 0 Å². The van der Waals surface area contributed by atoms with Crippen LogP contribution in [0.25, 0.3) is 21.9 Å². The first kappa shape index (κ1) is 34.1. The van der Waals surface area contributed by atoms with Gasteiger partial charge in [-0.3, -0.25) is 14.8 Å². The molecular weight excluding hydrogens is 718 g/mol. The lowest BCUT2D eigenvalue weighted by molar-refractivity contribution is -0.0712. The van der Waals surface area contributed by atoms with Crippen molar-refractivity contribution in [1.29, 1.82) is 0 Å². The molecule has 2 atom stereocenters. The van der Waals surface area contributed by atoms with E-state index >= 15 is 0 Å². The fraction of sp³-hybridized carbons (Fsp3) is 0.325. The Morgan fingerprint density at radius 2 is 1.89 bits per heavy atom. The number of amides is 1. The predicted octanol–water partition coefficient (Wildman–Crippen LogP) is 8.73. The summed E-state index contributed by atoms with van der Waals surface area (Å²) in [6.07, 6.45) is 2.97. The average Bonchev–Trinajstić information content (AvgIpc) is 3.78. The average molecular weight is 756 g/mol. The van der Waals surface area contributed by atoms with Gasteiger partial charge in [0.25, 0.3) is 11.7 Å². The van der Waals surface area contributed by atoms with Crippen LogP contribution in [0.15, 0.2) is 66.7 Å². The number of hydrogen-bond donors (Lipinski definition) is 2. The number of carbonyl (C=O) groups is 1. The summed E-state index contributed by atoms with van der Waals surface area (Å²) in [5.41, 5.74) is 5.75. The number of aromatic amines is 1. The van der Waals surface area contributed by atoms with Crippen LogP contribution in [-0.4, -0.2) is 56.4 Å². The zero-order valence-corrected chi connectivity index (χ0v) is 30.7. The molecular formula is C40H37Cl2FN6O4. The highest BCUT2D eigenvalue weighted by Gasteiger charge is 2.43. The summed E-state index contributed by atoms with van der Waals surface area (Å²) in [4.78, 5) is 21.0.